The van der Waals surface area contributed by atoms with Gasteiger partial charge in [0.05, 0.1) is 6.04 Å². The summed E-state index contributed by atoms with van der Waals surface area (Å²) in [5.74, 6) is 0.449. The Hall–Kier alpha value is -0.990. The molecule has 3 heteroatoms. The van der Waals surface area contributed by atoms with Gasteiger partial charge >= 0.3 is 6.03 Å². The van der Waals surface area contributed by atoms with E-state index in [2.05, 4.69) is 72.6 Å². The van der Waals surface area contributed by atoms with Crippen molar-refractivity contribution >= 4 is 6.03 Å². The van der Waals surface area contributed by atoms with E-state index in [0.29, 0.717) is 12.5 Å². The van der Waals surface area contributed by atoms with Crippen LogP contribution in [0.4, 0.5) is 4.79 Å². The van der Waals surface area contributed by atoms with Gasteiger partial charge in [-0.2, -0.15) is 0 Å². The highest BCUT2D eigenvalue weighted by atomic mass is 16.2. The van der Waals surface area contributed by atoms with Crippen LogP contribution in [-0.4, -0.2) is 18.6 Å². The van der Waals surface area contributed by atoms with E-state index in [-0.39, 0.29) is 22.9 Å². The van der Waals surface area contributed by atoms with Crippen LogP contribution in [0.25, 0.3) is 0 Å². The monoisotopic (exact) mass is 268 g/mol. The molecule has 112 valence electrons. The fourth-order valence-corrected chi connectivity index (χ4v) is 1.74. The Morgan fingerprint density at radius 1 is 1.11 bits per heavy atom. The summed E-state index contributed by atoms with van der Waals surface area (Å²) in [6.45, 7) is 21.8. The zero-order valence-corrected chi connectivity index (χ0v) is 14.0. The molecule has 0 aliphatic carbocycles. The van der Waals surface area contributed by atoms with E-state index < -0.39 is 0 Å². The number of rotatable bonds is 4. The van der Waals surface area contributed by atoms with E-state index in [1.54, 1.807) is 0 Å². The van der Waals surface area contributed by atoms with Crippen molar-refractivity contribution < 1.29 is 4.79 Å². The third-order valence-electron chi connectivity index (χ3n) is 3.12. The Morgan fingerprint density at radius 3 is 1.89 bits per heavy atom. The molecular formula is C16H32N2O. The molecule has 0 fully saturated rings. The Kier molecular flexibility index (Phi) is 6.11. The number of amides is 2. The second-order valence-corrected chi connectivity index (χ2v) is 7.82. The van der Waals surface area contributed by atoms with Crippen molar-refractivity contribution in [2.75, 3.05) is 6.54 Å². The molecule has 0 aliphatic heterocycles. The minimum absolute atomic E-state index is 0.0245. The fraction of sp³-hybridized carbons (Fsp3) is 0.812. The zero-order chi connectivity index (χ0) is 15.4. The summed E-state index contributed by atoms with van der Waals surface area (Å²) in [5, 5.41) is 5.97. The van der Waals surface area contributed by atoms with Gasteiger partial charge in [0.25, 0.3) is 0 Å². The van der Waals surface area contributed by atoms with Crippen LogP contribution in [-0.2, 0) is 0 Å². The summed E-state index contributed by atoms with van der Waals surface area (Å²) < 4.78 is 0. The van der Waals surface area contributed by atoms with Crippen molar-refractivity contribution in [3.63, 3.8) is 0 Å². The van der Waals surface area contributed by atoms with Gasteiger partial charge < -0.3 is 10.6 Å². The maximum atomic E-state index is 12.0. The number of hydrogen-bond donors (Lipinski definition) is 2. The van der Waals surface area contributed by atoms with E-state index >= 15 is 0 Å². The average molecular weight is 268 g/mol. The predicted octanol–water partition coefficient (Wildman–Crippen LogP) is 3.96. The summed E-state index contributed by atoms with van der Waals surface area (Å²) in [6.07, 6.45) is 0. The molecule has 1 atom stereocenters. The van der Waals surface area contributed by atoms with Gasteiger partial charge in [0.2, 0.25) is 0 Å². The first-order chi connectivity index (χ1) is 8.35. The minimum atomic E-state index is -0.112. The van der Waals surface area contributed by atoms with E-state index in [9.17, 15) is 4.79 Å². The fourth-order valence-electron chi connectivity index (χ4n) is 1.74. The van der Waals surface area contributed by atoms with Gasteiger partial charge in [0.15, 0.2) is 0 Å². The highest BCUT2D eigenvalue weighted by Crippen LogP contribution is 2.34. The average Bonchev–Trinajstić information content (AvgIpc) is 2.19. The third-order valence-corrected chi connectivity index (χ3v) is 3.12. The molecule has 0 bridgehead atoms. The van der Waals surface area contributed by atoms with Crippen molar-refractivity contribution in [2.45, 2.75) is 61.4 Å². The molecule has 3 nitrogen and oxygen atoms in total. The molecule has 0 aromatic heterocycles. The van der Waals surface area contributed by atoms with Gasteiger partial charge in [-0.15, -0.1) is 0 Å². The highest BCUT2D eigenvalue weighted by Gasteiger charge is 2.33. The molecule has 0 spiro atoms. The first-order valence-electron chi connectivity index (χ1n) is 7.09. The Morgan fingerprint density at radius 2 is 1.58 bits per heavy atom. The lowest BCUT2D eigenvalue weighted by Gasteiger charge is -2.38. The number of urea groups is 1. The molecular weight excluding hydrogens is 236 g/mol. The molecule has 2 amide bonds. The number of nitrogens with one attached hydrogen (secondary N) is 2. The summed E-state index contributed by atoms with van der Waals surface area (Å²) in [4.78, 5) is 12.0. The lowest BCUT2D eigenvalue weighted by molar-refractivity contribution is 0.218. The Labute approximate surface area is 119 Å². The second kappa shape index (κ2) is 6.44. The van der Waals surface area contributed by atoms with E-state index in [0.717, 1.165) is 5.57 Å². The summed E-state index contributed by atoms with van der Waals surface area (Å²) in [6, 6.07) is -0.154. The molecule has 19 heavy (non-hydrogen) atoms. The first kappa shape index (κ1) is 18.0. The molecule has 0 rings (SSSR count). The molecule has 2 N–H and O–H groups in total. The van der Waals surface area contributed by atoms with Gasteiger partial charge in [-0.05, 0) is 22.3 Å². The van der Waals surface area contributed by atoms with Gasteiger partial charge in [-0.25, -0.2) is 4.79 Å². The van der Waals surface area contributed by atoms with E-state index in [1.165, 1.54) is 0 Å². The van der Waals surface area contributed by atoms with Crippen molar-refractivity contribution in [1.29, 1.82) is 0 Å². The van der Waals surface area contributed by atoms with Crippen molar-refractivity contribution in [3.8, 4) is 0 Å². The maximum Gasteiger partial charge on any atom is 0.315 e. The van der Waals surface area contributed by atoms with Gasteiger partial charge in [-0.1, -0.05) is 62.0 Å². The SMILES string of the molecule is C=C(C(NC(=O)NCC(C)C)C(C)(C)C)C(C)(C)C. The molecule has 1 unspecified atom stereocenters. The normalized spacial score (nSPS) is 14.2. The predicted molar refractivity (Wildman–Crippen MR) is 83.2 cm³/mol. The van der Waals surface area contributed by atoms with Crippen molar-refractivity contribution in [2.24, 2.45) is 16.7 Å². The first-order valence-corrected chi connectivity index (χ1v) is 7.09. The second-order valence-electron chi connectivity index (χ2n) is 7.82. The highest BCUT2D eigenvalue weighted by molar-refractivity contribution is 5.74. The van der Waals surface area contributed by atoms with Crippen LogP contribution in [0.5, 0.6) is 0 Å². The van der Waals surface area contributed by atoms with Crippen LogP contribution in [0, 0.1) is 16.7 Å². The van der Waals surface area contributed by atoms with E-state index in [4.69, 9.17) is 0 Å². The molecule has 0 saturated heterocycles. The van der Waals surface area contributed by atoms with Crippen LogP contribution < -0.4 is 10.6 Å². The zero-order valence-electron chi connectivity index (χ0n) is 14.0. The van der Waals surface area contributed by atoms with Crippen molar-refractivity contribution in [3.05, 3.63) is 12.2 Å². The van der Waals surface area contributed by atoms with Crippen LogP contribution in [0.15, 0.2) is 12.2 Å². The number of carbonyl (C=O) groups is 1. The molecule has 0 aromatic carbocycles. The lowest BCUT2D eigenvalue weighted by atomic mass is 9.73. The van der Waals surface area contributed by atoms with Crippen LogP contribution in [0.1, 0.15) is 55.4 Å². The van der Waals surface area contributed by atoms with E-state index in [1.807, 2.05) is 0 Å². The molecule has 0 saturated carbocycles. The topological polar surface area (TPSA) is 41.1 Å². The molecule has 0 radical (unpaired) electrons. The summed E-state index contributed by atoms with van der Waals surface area (Å²) in [7, 11) is 0. The molecule has 0 aromatic rings. The Bertz CT molecular complexity index is 319. The summed E-state index contributed by atoms with van der Waals surface area (Å²) in [5.41, 5.74) is 0.975. The summed E-state index contributed by atoms with van der Waals surface area (Å²) >= 11 is 0. The maximum absolute atomic E-state index is 12.0. The number of hydrogen-bond acceptors (Lipinski definition) is 1. The molecule has 0 heterocycles. The van der Waals surface area contributed by atoms with Crippen LogP contribution in [0.2, 0.25) is 0 Å². The van der Waals surface area contributed by atoms with Crippen LogP contribution in [0.3, 0.4) is 0 Å². The van der Waals surface area contributed by atoms with Crippen molar-refractivity contribution in [1.82, 2.24) is 10.6 Å². The molecule has 0 aliphatic rings. The van der Waals surface area contributed by atoms with Gasteiger partial charge in [0.1, 0.15) is 0 Å². The third kappa shape index (κ3) is 6.65. The Balaban J connectivity index is 4.82. The number of carbonyl (C=O) groups excluding carboxylic acids is 1. The quantitative estimate of drug-likeness (QED) is 0.745. The van der Waals surface area contributed by atoms with Gasteiger partial charge in [-0.3, -0.25) is 0 Å². The van der Waals surface area contributed by atoms with Crippen LogP contribution >= 0.6 is 0 Å². The largest absolute Gasteiger partial charge is 0.338 e. The minimum Gasteiger partial charge on any atom is -0.338 e. The van der Waals surface area contributed by atoms with Gasteiger partial charge in [0, 0.05) is 6.54 Å². The smallest absolute Gasteiger partial charge is 0.315 e. The standard InChI is InChI=1S/C16H32N2O/c1-11(2)10-17-14(19)18-13(16(7,8)9)12(3)15(4,5)6/h11,13H,3,10H2,1-2,4-9H3,(H2,17,18,19). The lowest BCUT2D eigenvalue weighted by Crippen LogP contribution is -2.51.